The van der Waals surface area contributed by atoms with E-state index >= 15 is 0 Å². The molecule has 0 aromatic heterocycles. The van der Waals surface area contributed by atoms with Gasteiger partial charge in [-0.05, 0) is 57.5 Å². The standard InChI is InChI=1S/C24H29FO5/c1-16(15-21(26)30-24(3,4)5)23(27)28-17(2)22(18-9-7-6-8-10-18)29-20-13-11-19(25)12-14-20/h6-14,16-17,22H,15H2,1-5H3/t16-,17+,22+/m1/s1. The zero-order valence-electron chi connectivity index (χ0n) is 18.1. The van der Waals surface area contributed by atoms with E-state index in [1.165, 1.54) is 24.3 Å². The average Bonchev–Trinajstić information content (AvgIpc) is 2.66. The number of benzene rings is 2. The lowest BCUT2D eigenvalue weighted by molar-refractivity contribution is -0.165. The Morgan fingerprint density at radius 3 is 2.13 bits per heavy atom. The monoisotopic (exact) mass is 416 g/mol. The number of esters is 2. The number of halogens is 1. The Labute approximate surface area is 177 Å². The van der Waals surface area contributed by atoms with Gasteiger partial charge in [0.25, 0.3) is 0 Å². The van der Waals surface area contributed by atoms with Crippen molar-refractivity contribution in [2.45, 2.75) is 58.8 Å². The van der Waals surface area contributed by atoms with Crippen LogP contribution in [0.1, 0.15) is 52.7 Å². The number of ether oxygens (including phenoxy) is 3. The summed E-state index contributed by atoms with van der Waals surface area (Å²) in [5.74, 6) is -1.55. The molecule has 0 fully saturated rings. The van der Waals surface area contributed by atoms with Crippen LogP contribution in [0, 0.1) is 11.7 Å². The van der Waals surface area contributed by atoms with Crippen LogP contribution in [0.5, 0.6) is 5.75 Å². The molecule has 3 atom stereocenters. The lowest BCUT2D eigenvalue weighted by Gasteiger charge is -2.27. The van der Waals surface area contributed by atoms with Gasteiger partial charge in [-0.1, -0.05) is 37.3 Å². The fourth-order valence-electron chi connectivity index (χ4n) is 2.82. The summed E-state index contributed by atoms with van der Waals surface area (Å²) in [7, 11) is 0. The molecule has 6 heteroatoms. The molecule has 0 heterocycles. The first-order chi connectivity index (χ1) is 14.0. The van der Waals surface area contributed by atoms with E-state index in [0.29, 0.717) is 5.75 Å². The zero-order valence-corrected chi connectivity index (χ0v) is 18.1. The maximum Gasteiger partial charge on any atom is 0.309 e. The predicted molar refractivity (Wildman–Crippen MR) is 111 cm³/mol. The van der Waals surface area contributed by atoms with E-state index in [2.05, 4.69) is 0 Å². The molecule has 2 rings (SSSR count). The Balaban J connectivity index is 2.08. The first-order valence-electron chi connectivity index (χ1n) is 9.94. The van der Waals surface area contributed by atoms with Crippen LogP contribution in [0.2, 0.25) is 0 Å². The molecule has 0 saturated heterocycles. The first kappa shape index (κ1) is 23.4. The van der Waals surface area contributed by atoms with Crippen LogP contribution in [0.4, 0.5) is 4.39 Å². The van der Waals surface area contributed by atoms with Crippen molar-refractivity contribution in [3.05, 3.63) is 66.0 Å². The fourth-order valence-corrected chi connectivity index (χ4v) is 2.82. The third-order valence-electron chi connectivity index (χ3n) is 4.23. The summed E-state index contributed by atoms with van der Waals surface area (Å²) in [5, 5.41) is 0. The van der Waals surface area contributed by atoms with Crippen LogP contribution in [-0.2, 0) is 19.1 Å². The third kappa shape index (κ3) is 7.50. The SMILES string of the molecule is C[C@H](CC(=O)OC(C)(C)C)C(=O)O[C@@H](C)[C@H](Oc1ccc(F)cc1)c1ccccc1. The number of hydrogen-bond acceptors (Lipinski definition) is 5. The van der Waals surface area contributed by atoms with Crippen LogP contribution in [0.25, 0.3) is 0 Å². The minimum Gasteiger partial charge on any atom is -0.482 e. The number of hydrogen-bond donors (Lipinski definition) is 0. The molecule has 162 valence electrons. The van der Waals surface area contributed by atoms with Gasteiger partial charge < -0.3 is 14.2 Å². The van der Waals surface area contributed by atoms with E-state index in [-0.39, 0.29) is 12.2 Å². The van der Waals surface area contributed by atoms with Crippen molar-refractivity contribution < 1.29 is 28.2 Å². The Hall–Kier alpha value is -2.89. The predicted octanol–water partition coefficient (Wildman–Crippen LogP) is 5.25. The van der Waals surface area contributed by atoms with E-state index in [1.54, 1.807) is 34.6 Å². The van der Waals surface area contributed by atoms with Gasteiger partial charge in [-0.15, -0.1) is 0 Å². The largest absolute Gasteiger partial charge is 0.482 e. The van der Waals surface area contributed by atoms with Crippen molar-refractivity contribution in [1.82, 2.24) is 0 Å². The Bertz CT molecular complexity index is 827. The molecule has 0 N–H and O–H groups in total. The van der Waals surface area contributed by atoms with Crippen LogP contribution in [-0.4, -0.2) is 23.6 Å². The Kier molecular flexibility index (Phi) is 7.98. The van der Waals surface area contributed by atoms with Crippen molar-refractivity contribution >= 4 is 11.9 Å². The second kappa shape index (κ2) is 10.2. The maximum atomic E-state index is 13.2. The number of carbonyl (C=O) groups excluding carboxylic acids is 2. The Morgan fingerprint density at radius 1 is 0.967 bits per heavy atom. The highest BCUT2D eigenvalue weighted by molar-refractivity contribution is 5.79. The van der Waals surface area contributed by atoms with Crippen molar-refractivity contribution in [2.75, 3.05) is 0 Å². The van der Waals surface area contributed by atoms with Crippen LogP contribution in [0.15, 0.2) is 54.6 Å². The highest BCUT2D eigenvalue weighted by Crippen LogP contribution is 2.27. The molecular weight excluding hydrogens is 387 g/mol. The molecule has 0 spiro atoms. The fraction of sp³-hybridized carbons (Fsp3) is 0.417. The molecule has 2 aromatic carbocycles. The van der Waals surface area contributed by atoms with Crippen LogP contribution in [0.3, 0.4) is 0 Å². The van der Waals surface area contributed by atoms with Gasteiger partial charge in [0.1, 0.15) is 23.3 Å². The molecule has 0 unspecified atom stereocenters. The first-order valence-corrected chi connectivity index (χ1v) is 9.94. The van der Waals surface area contributed by atoms with Gasteiger partial charge in [-0.3, -0.25) is 9.59 Å². The summed E-state index contributed by atoms with van der Waals surface area (Å²) in [6.07, 6.45) is -1.32. The van der Waals surface area contributed by atoms with Gasteiger partial charge in [0, 0.05) is 0 Å². The highest BCUT2D eigenvalue weighted by Gasteiger charge is 2.29. The third-order valence-corrected chi connectivity index (χ3v) is 4.23. The molecule has 0 aliphatic rings. The summed E-state index contributed by atoms with van der Waals surface area (Å²) in [6, 6.07) is 15.0. The zero-order chi connectivity index (χ0) is 22.3. The molecular formula is C24H29FO5. The summed E-state index contributed by atoms with van der Waals surface area (Å²) in [6.45, 7) is 8.66. The topological polar surface area (TPSA) is 61.8 Å². The van der Waals surface area contributed by atoms with E-state index in [1.807, 2.05) is 30.3 Å². The molecule has 5 nitrogen and oxygen atoms in total. The van der Waals surface area contributed by atoms with Gasteiger partial charge in [0.05, 0.1) is 12.3 Å². The highest BCUT2D eigenvalue weighted by atomic mass is 19.1. The summed E-state index contributed by atoms with van der Waals surface area (Å²) < 4.78 is 30.1. The molecule has 0 bridgehead atoms. The quantitative estimate of drug-likeness (QED) is 0.551. The van der Waals surface area contributed by atoms with E-state index in [4.69, 9.17) is 14.2 Å². The van der Waals surface area contributed by atoms with Gasteiger partial charge in [-0.25, -0.2) is 4.39 Å². The van der Waals surface area contributed by atoms with E-state index in [0.717, 1.165) is 5.56 Å². The minimum absolute atomic E-state index is 0.0718. The van der Waals surface area contributed by atoms with Gasteiger partial charge >= 0.3 is 11.9 Å². The molecule has 30 heavy (non-hydrogen) atoms. The summed E-state index contributed by atoms with van der Waals surface area (Å²) in [5.41, 5.74) is 0.192. The van der Waals surface area contributed by atoms with Crippen LogP contribution >= 0.6 is 0 Å². The molecule has 0 saturated carbocycles. The van der Waals surface area contributed by atoms with Crippen LogP contribution < -0.4 is 4.74 Å². The van der Waals surface area contributed by atoms with Gasteiger partial charge in [0.2, 0.25) is 0 Å². The lowest BCUT2D eigenvalue weighted by atomic mass is 10.0. The van der Waals surface area contributed by atoms with Crippen molar-refractivity contribution in [2.24, 2.45) is 5.92 Å². The van der Waals surface area contributed by atoms with Crippen molar-refractivity contribution in [3.8, 4) is 5.75 Å². The molecule has 0 aliphatic carbocycles. The molecule has 0 aliphatic heterocycles. The summed E-state index contributed by atoms with van der Waals surface area (Å²) >= 11 is 0. The number of carbonyl (C=O) groups is 2. The van der Waals surface area contributed by atoms with Crippen molar-refractivity contribution in [1.29, 1.82) is 0 Å². The van der Waals surface area contributed by atoms with E-state index < -0.39 is 35.7 Å². The smallest absolute Gasteiger partial charge is 0.309 e. The average molecular weight is 416 g/mol. The number of rotatable bonds is 8. The second-order valence-electron chi connectivity index (χ2n) is 8.24. The molecule has 0 amide bonds. The Morgan fingerprint density at radius 2 is 1.57 bits per heavy atom. The molecule has 0 radical (unpaired) electrons. The minimum atomic E-state index is -0.662. The normalized spacial score (nSPS) is 14.3. The second-order valence-corrected chi connectivity index (χ2v) is 8.24. The van der Waals surface area contributed by atoms with Gasteiger partial charge in [-0.2, -0.15) is 0 Å². The maximum absolute atomic E-state index is 13.2. The summed E-state index contributed by atoms with van der Waals surface area (Å²) in [4.78, 5) is 24.6. The van der Waals surface area contributed by atoms with Crippen molar-refractivity contribution in [3.63, 3.8) is 0 Å². The van der Waals surface area contributed by atoms with Gasteiger partial charge in [0.15, 0.2) is 6.10 Å². The lowest BCUT2D eigenvalue weighted by Crippen LogP contribution is -2.31. The molecule has 2 aromatic rings. The van der Waals surface area contributed by atoms with E-state index in [9.17, 15) is 14.0 Å².